The second kappa shape index (κ2) is 7.42. The maximum Gasteiger partial charge on any atom is 0.249 e. The number of amides is 2. The van der Waals surface area contributed by atoms with Crippen LogP contribution in [-0.2, 0) is 14.3 Å². The van der Waals surface area contributed by atoms with Crippen LogP contribution in [0.25, 0.3) is 0 Å². The molecule has 2 aliphatic rings. The molecule has 0 spiro atoms. The lowest BCUT2D eigenvalue weighted by Crippen LogP contribution is -2.49. The van der Waals surface area contributed by atoms with Crippen LogP contribution < -0.4 is 0 Å². The van der Waals surface area contributed by atoms with E-state index in [9.17, 15) is 14.7 Å². The van der Waals surface area contributed by atoms with Gasteiger partial charge in [0.1, 0.15) is 6.61 Å². The highest BCUT2D eigenvalue weighted by molar-refractivity contribution is 7.10. The Kier molecular flexibility index (Phi) is 5.30. The zero-order chi connectivity index (χ0) is 16.2. The van der Waals surface area contributed by atoms with Gasteiger partial charge in [-0.1, -0.05) is 6.07 Å². The first kappa shape index (κ1) is 16.4. The Bertz CT molecular complexity index is 548. The highest BCUT2D eigenvalue weighted by Crippen LogP contribution is 2.29. The van der Waals surface area contributed by atoms with Gasteiger partial charge in [-0.2, -0.15) is 0 Å². The molecule has 2 saturated heterocycles. The fraction of sp³-hybridized carbons (Fsp3) is 0.625. The molecule has 1 aromatic rings. The van der Waals surface area contributed by atoms with Gasteiger partial charge in [-0.3, -0.25) is 9.59 Å². The van der Waals surface area contributed by atoms with Crippen LogP contribution in [-0.4, -0.2) is 65.6 Å². The average Bonchev–Trinajstić information content (AvgIpc) is 3.20. The van der Waals surface area contributed by atoms with E-state index in [-0.39, 0.29) is 31.0 Å². The third kappa shape index (κ3) is 3.91. The largest absolute Gasteiger partial charge is 0.387 e. The molecule has 0 aromatic carbocycles. The number of rotatable bonds is 5. The molecule has 126 valence electrons. The first-order valence-corrected chi connectivity index (χ1v) is 8.89. The Morgan fingerprint density at radius 1 is 1.48 bits per heavy atom. The molecule has 0 bridgehead atoms. The second-order valence-electron chi connectivity index (χ2n) is 6.02. The molecule has 0 aliphatic carbocycles. The summed E-state index contributed by atoms with van der Waals surface area (Å²) in [5, 5.41) is 12.3. The summed E-state index contributed by atoms with van der Waals surface area (Å²) in [6.07, 6.45) is 1.89. The number of nitrogens with zero attached hydrogens (tertiary/aromatic N) is 2. The standard InChI is InChI=1S/C16H22N2O4S/c19-13(14-4-2-8-23-14)9-12-3-1-5-18(12)15(20)10-17-6-7-22-11-16(17)21/h2,4,8,12-13,19H,1,3,5-7,9-11H2/t12-,13-/m1/s1. The van der Waals surface area contributed by atoms with Crippen molar-refractivity contribution in [2.75, 3.05) is 32.8 Å². The average molecular weight is 338 g/mol. The van der Waals surface area contributed by atoms with Gasteiger partial charge in [-0.05, 0) is 30.7 Å². The summed E-state index contributed by atoms with van der Waals surface area (Å²) in [6, 6.07) is 3.89. The zero-order valence-electron chi connectivity index (χ0n) is 13.0. The summed E-state index contributed by atoms with van der Waals surface area (Å²) in [5.41, 5.74) is 0. The molecule has 1 N–H and O–H groups in total. The molecular formula is C16H22N2O4S. The highest BCUT2D eigenvalue weighted by Gasteiger charge is 2.32. The highest BCUT2D eigenvalue weighted by atomic mass is 32.1. The van der Waals surface area contributed by atoms with E-state index in [4.69, 9.17) is 4.74 Å². The van der Waals surface area contributed by atoms with Crippen LogP contribution in [0.1, 0.15) is 30.2 Å². The van der Waals surface area contributed by atoms with Gasteiger partial charge in [-0.15, -0.1) is 11.3 Å². The molecule has 6 nitrogen and oxygen atoms in total. The number of ether oxygens (including phenoxy) is 1. The lowest BCUT2D eigenvalue weighted by molar-refractivity contribution is -0.149. The van der Waals surface area contributed by atoms with Gasteiger partial charge in [0.2, 0.25) is 11.8 Å². The van der Waals surface area contributed by atoms with Crippen LogP contribution in [0.5, 0.6) is 0 Å². The van der Waals surface area contributed by atoms with Gasteiger partial charge in [0, 0.05) is 24.0 Å². The number of aliphatic hydroxyl groups excluding tert-OH is 1. The van der Waals surface area contributed by atoms with Crippen molar-refractivity contribution in [2.45, 2.75) is 31.4 Å². The van der Waals surface area contributed by atoms with Gasteiger partial charge >= 0.3 is 0 Å². The number of thiophene rings is 1. The monoisotopic (exact) mass is 338 g/mol. The number of hydrogen-bond acceptors (Lipinski definition) is 5. The van der Waals surface area contributed by atoms with Crippen molar-refractivity contribution in [3.63, 3.8) is 0 Å². The van der Waals surface area contributed by atoms with Gasteiger partial charge in [0.05, 0.1) is 19.3 Å². The summed E-state index contributed by atoms with van der Waals surface area (Å²) in [5.74, 6) is -0.153. The Hall–Kier alpha value is -1.44. The predicted molar refractivity (Wildman–Crippen MR) is 86.0 cm³/mol. The van der Waals surface area contributed by atoms with E-state index in [1.54, 1.807) is 4.90 Å². The van der Waals surface area contributed by atoms with Crippen LogP contribution in [0.2, 0.25) is 0 Å². The van der Waals surface area contributed by atoms with Crippen LogP contribution in [0, 0.1) is 0 Å². The van der Waals surface area contributed by atoms with E-state index in [1.165, 1.54) is 11.3 Å². The topological polar surface area (TPSA) is 70.1 Å². The van der Waals surface area contributed by atoms with E-state index in [2.05, 4.69) is 0 Å². The Morgan fingerprint density at radius 3 is 3.09 bits per heavy atom. The number of likely N-dealkylation sites (tertiary alicyclic amines) is 1. The van der Waals surface area contributed by atoms with Crippen LogP contribution in [0.4, 0.5) is 0 Å². The number of hydrogen-bond donors (Lipinski definition) is 1. The van der Waals surface area contributed by atoms with E-state index < -0.39 is 6.10 Å². The van der Waals surface area contributed by atoms with E-state index >= 15 is 0 Å². The summed E-state index contributed by atoms with van der Waals surface area (Å²) < 4.78 is 5.09. The number of aliphatic hydroxyl groups is 1. The molecule has 0 unspecified atom stereocenters. The molecule has 3 rings (SSSR count). The smallest absolute Gasteiger partial charge is 0.249 e. The van der Waals surface area contributed by atoms with Gasteiger partial charge in [0.25, 0.3) is 0 Å². The minimum atomic E-state index is -0.529. The van der Waals surface area contributed by atoms with Crippen molar-refractivity contribution in [1.29, 1.82) is 0 Å². The van der Waals surface area contributed by atoms with Gasteiger partial charge in [0.15, 0.2) is 0 Å². The molecule has 1 aromatic heterocycles. The molecular weight excluding hydrogens is 316 g/mol. The molecule has 23 heavy (non-hydrogen) atoms. The Labute approximate surface area is 139 Å². The quantitative estimate of drug-likeness (QED) is 0.870. The van der Waals surface area contributed by atoms with E-state index in [1.807, 2.05) is 22.4 Å². The molecule has 2 amide bonds. The van der Waals surface area contributed by atoms with Crippen molar-refractivity contribution >= 4 is 23.2 Å². The lowest BCUT2D eigenvalue weighted by atomic mass is 10.1. The summed E-state index contributed by atoms with van der Waals surface area (Å²) in [4.78, 5) is 28.6. The maximum atomic E-state index is 12.5. The number of morpholine rings is 1. The first-order valence-electron chi connectivity index (χ1n) is 8.01. The third-order valence-corrected chi connectivity index (χ3v) is 5.45. The molecule has 0 radical (unpaired) electrons. The molecule has 0 saturated carbocycles. The summed E-state index contributed by atoms with van der Waals surface area (Å²) >= 11 is 1.53. The normalized spacial score (nSPS) is 23.3. The molecule has 3 heterocycles. The van der Waals surface area contributed by atoms with Crippen molar-refractivity contribution in [1.82, 2.24) is 9.80 Å². The van der Waals surface area contributed by atoms with Crippen molar-refractivity contribution in [2.24, 2.45) is 0 Å². The van der Waals surface area contributed by atoms with Crippen LogP contribution in [0.3, 0.4) is 0 Å². The molecule has 2 atom stereocenters. The number of carbonyl (C=O) groups is 2. The molecule has 7 heteroatoms. The van der Waals surface area contributed by atoms with Crippen molar-refractivity contribution in [3.8, 4) is 0 Å². The first-order chi connectivity index (χ1) is 11.1. The minimum Gasteiger partial charge on any atom is -0.387 e. The van der Waals surface area contributed by atoms with Gasteiger partial charge < -0.3 is 19.6 Å². The van der Waals surface area contributed by atoms with Crippen LogP contribution in [0.15, 0.2) is 17.5 Å². The van der Waals surface area contributed by atoms with E-state index in [0.717, 1.165) is 17.7 Å². The fourth-order valence-corrected chi connectivity index (χ4v) is 3.96. The SMILES string of the molecule is O=C1COCCN1CC(=O)N1CCC[C@@H]1C[C@@H](O)c1cccs1. The van der Waals surface area contributed by atoms with Crippen molar-refractivity contribution < 1.29 is 19.4 Å². The zero-order valence-corrected chi connectivity index (χ0v) is 13.8. The molecule has 2 aliphatic heterocycles. The summed E-state index contributed by atoms with van der Waals surface area (Å²) in [6.45, 7) is 1.85. The third-order valence-electron chi connectivity index (χ3n) is 4.47. The lowest BCUT2D eigenvalue weighted by Gasteiger charge is -2.31. The fourth-order valence-electron chi connectivity index (χ4n) is 3.24. The predicted octanol–water partition coefficient (Wildman–Crippen LogP) is 1.02. The molecule has 2 fully saturated rings. The second-order valence-corrected chi connectivity index (χ2v) is 7.00. The Balaban J connectivity index is 1.57. The minimum absolute atomic E-state index is 0.0267. The number of carbonyl (C=O) groups excluding carboxylic acids is 2. The Morgan fingerprint density at radius 2 is 2.35 bits per heavy atom. The van der Waals surface area contributed by atoms with Crippen molar-refractivity contribution in [3.05, 3.63) is 22.4 Å². The maximum absolute atomic E-state index is 12.5. The van der Waals surface area contributed by atoms with Gasteiger partial charge in [-0.25, -0.2) is 0 Å². The van der Waals surface area contributed by atoms with E-state index in [0.29, 0.717) is 26.1 Å². The summed E-state index contributed by atoms with van der Waals surface area (Å²) in [7, 11) is 0. The van der Waals surface area contributed by atoms with Crippen LogP contribution >= 0.6 is 11.3 Å².